The summed E-state index contributed by atoms with van der Waals surface area (Å²) in [4.78, 5) is 0. The van der Waals surface area contributed by atoms with E-state index in [1.807, 2.05) is 13.0 Å². The first-order chi connectivity index (χ1) is 8.52. The lowest BCUT2D eigenvalue weighted by Crippen LogP contribution is -1.98. The van der Waals surface area contributed by atoms with Gasteiger partial charge in [-0.15, -0.1) is 11.6 Å². The first-order valence-corrected chi connectivity index (χ1v) is 6.48. The van der Waals surface area contributed by atoms with Crippen molar-refractivity contribution in [2.45, 2.75) is 12.3 Å². The summed E-state index contributed by atoms with van der Waals surface area (Å²) < 4.78 is 24.2. The third-order valence-corrected chi connectivity index (χ3v) is 3.68. The number of hydrogen-bond acceptors (Lipinski definition) is 2. The molecule has 0 N–H and O–H groups in total. The summed E-state index contributed by atoms with van der Waals surface area (Å²) in [5, 5.41) is -0.450. The van der Waals surface area contributed by atoms with Crippen molar-refractivity contribution < 1.29 is 13.5 Å². The highest BCUT2D eigenvalue weighted by atomic mass is 79.9. The minimum Gasteiger partial charge on any atom is -0.496 e. The molecule has 0 spiro atoms. The molecule has 1 unspecified atom stereocenters. The van der Waals surface area contributed by atoms with E-state index in [4.69, 9.17) is 20.8 Å². The molecular weight excluding hydrogens is 322 g/mol. The molecular formula is C13H11BrClFO2. The molecule has 0 amide bonds. The van der Waals surface area contributed by atoms with Crippen LogP contribution in [0.4, 0.5) is 4.39 Å². The molecule has 2 aromatic rings. The van der Waals surface area contributed by atoms with E-state index in [1.54, 1.807) is 12.3 Å². The van der Waals surface area contributed by atoms with Crippen LogP contribution in [0, 0.1) is 12.7 Å². The number of benzene rings is 1. The fraction of sp³-hybridized carbons (Fsp3) is 0.231. The van der Waals surface area contributed by atoms with E-state index < -0.39 is 5.38 Å². The second-order valence-corrected chi connectivity index (χ2v) is 5.15. The van der Waals surface area contributed by atoms with Crippen LogP contribution < -0.4 is 4.74 Å². The summed E-state index contributed by atoms with van der Waals surface area (Å²) in [6.07, 6.45) is 1.59. The zero-order valence-electron chi connectivity index (χ0n) is 9.84. The van der Waals surface area contributed by atoms with Crippen LogP contribution in [0.2, 0.25) is 0 Å². The molecule has 2 rings (SSSR count). The maximum Gasteiger partial charge on any atom is 0.141 e. The predicted molar refractivity (Wildman–Crippen MR) is 71.8 cm³/mol. The Morgan fingerprint density at radius 3 is 2.67 bits per heavy atom. The minimum atomic E-state index is -0.450. The van der Waals surface area contributed by atoms with Gasteiger partial charge in [-0.2, -0.15) is 0 Å². The highest BCUT2D eigenvalue weighted by Crippen LogP contribution is 2.38. The first kappa shape index (κ1) is 13.4. The van der Waals surface area contributed by atoms with Crippen LogP contribution in [-0.2, 0) is 0 Å². The van der Waals surface area contributed by atoms with Crippen molar-refractivity contribution in [2.24, 2.45) is 0 Å². The van der Waals surface area contributed by atoms with Crippen LogP contribution >= 0.6 is 27.5 Å². The van der Waals surface area contributed by atoms with Crippen molar-refractivity contribution in [3.05, 3.63) is 51.6 Å². The monoisotopic (exact) mass is 332 g/mol. The van der Waals surface area contributed by atoms with E-state index in [0.29, 0.717) is 15.8 Å². The molecule has 0 aliphatic carbocycles. The van der Waals surface area contributed by atoms with Crippen molar-refractivity contribution in [1.29, 1.82) is 0 Å². The quantitative estimate of drug-likeness (QED) is 0.751. The zero-order valence-corrected chi connectivity index (χ0v) is 12.2. The molecule has 1 heterocycles. The number of rotatable bonds is 3. The largest absolute Gasteiger partial charge is 0.496 e. The van der Waals surface area contributed by atoms with E-state index in [2.05, 4.69) is 15.9 Å². The Hall–Kier alpha value is -1.00. The number of hydrogen-bond donors (Lipinski definition) is 0. The van der Waals surface area contributed by atoms with E-state index in [9.17, 15) is 4.39 Å². The molecule has 0 bridgehead atoms. The molecule has 1 aromatic carbocycles. The van der Waals surface area contributed by atoms with Crippen molar-refractivity contribution >= 4 is 27.5 Å². The van der Waals surface area contributed by atoms with Crippen LogP contribution in [0.5, 0.6) is 5.75 Å². The Kier molecular flexibility index (Phi) is 3.97. The third kappa shape index (κ3) is 2.54. The van der Waals surface area contributed by atoms with Gasteiger partial charge in [0.1, 0.15) is 17.3 Å². The maximum absolute atomic E-state index is 13.4. The molecule has 0 radical (unpaired) electrons. The highest BCUT2D eigenvalue weighted by Gasteiger charge is 2.19. The smallest absolute Gasteiger partial charge is 0.141 e. The van der Waals surface area contributed by atoms with Gasteiger partial charge in [0.25, 0.3) is 0 Å². The number of methoxy groups -OCH3 is 1. The van der Waals surface area contributed by atoms with Gasteiger partial charge in [0.2, 0.25) is 0 Å². The average molecular weight is 334 g/mol. The molecule has 5 heteroatoms. The number of aryl methyl sites for hydroxylation is 1. The van der Waals surface area contributed by atoms with Crippen LogP contribution in [0.25, 0.3) is 0 Å². The van der Waals surface area contributed by atoms with Gasteiger partial charge in [0, 0.05) is 17.2 Å². The molecule has 96 valence electrons. The molecule has 2 nitrogen and oxygen atoms in total. The fourth-order valence-electron chi connectivity index (χ4n) is 1.70. The lowest BCUT2D eigenvalue weighted by molar-refractivity contribution is 0.406. The van der Waals surface area contributed by atoms with E-state index in [-0.39, 0.29) is 5.82 Å². The van der Waals surface area contributed by atoms with Crippen molar-refractivity contribution in [3.8, 4) is 5.75 Å². The molecule has 0 saturated carbocycles. The van der Waals surface area contributed by atoms with E-state index in [1.165, 1.54) is 13.2 Å². The van der Waals surface area contributed by atoms with Gasteiger partial charge in [-0.25, -0.2) is 4.39 Å². The Labute approximate surface area is 118 Å². The molecule has 0 saturated heterocycles. The van der Waals surface area contributed by atoms with Crippen molar-refractivity contribution in [1.82, 2.24) is 0 Å². The molecule has 0 fully saturated rings. The van der Waals surface area contributed by atoms with E-state index in [0.717, 1.165) is 11.3 Å². The molecule has 18 heavy (non-hydrogen) atoms. The normalized spacial score (nSPS) is 12.5. The fourth-order valence-corrected chi connectivity index (χ4v) is 2.34. The second-order valence-electron chi connectivity index (χ2n) is 3.86. The first-order valence-electron chi connectivity index (χ1n) is 5.25. The Bertz CT molecular complexity index is 568. The summed E-state index contributed by atoms with van der Waals surface area (Å²) in [7, 11) is 1.48. The summed E-state index contributed by atoms with van der Waals surface area (Å²) >= 11 is 9.51. The van der Waals surface area contributed by atoms with Gasteiger partial charge in [0.15, 0.2) is 0 Å². The molecule has 1 aromatic heterocycles. The highest BCUT2D eigenvalue weighted by molar-refractivity contribution is 9.10. The Balaban J connectivity index is 2.46. The number of alkyl halides is 1. The SMILES string of the molecule is COc1cc(F)c(Br)cc1C(Cl)c1coc(C)c1. The van der Waals surface area contributed by atoms with Crippen LogP contribution in [0.15, 0.2) is 33.4 Å². The molecule has 1 atom stereocenters. The lowest BCUT2D eigenvalue weighted by Gasteiger charge is -2.13. The molecule has 0 aliphatic rings. The van der Waals surface area contributed by atoms with Gasteiger partial charge < -0.3 is 9.15 Å². The van der Waals surface area contributed by atoms with Crippen LogP contribution in [-0.4, -0.2) is 7.11 Å². The van der Waals surface area contributed by atoms with Crippen LogP contribution in [0.1, 0.15) is 22.3 Å². The topological polar surface area (TPSA) is 22.4 Å². The second kappa shape index (κ2) is 5.33. The van der Waals surface area contributed by atoms with Crippen molar-refractivity contribution in [2.75, 3.05) is 7.11 Å². The van der Waals surface area contributed by atoms with Crippen LogP contribution in [0.3, 0.4) is 0 Å². The lowest BCUT2D eigenvalue weighted by atomic mass is 10.1. The average Bonchev–Trinajstić information content (AvgIpc) is 2.78. The zero-order chi connectivity index (χ0) is 13.3. The van der Waals surface area contributed by atoms with Crippen molar-refractivity contribution in [3.63, 3.8) is 0 Å². The third-order valence-electron chi connectivity index (χ3n) is 2.59. The van der Waals surface area contributed by atoms with Gasteiger partial charge in [-0.05, 0) is 35.0 Å². The summed E-state index contributed by atoms with van der Waals surface area (Å²) in [5.74, 6) is 0.799. The number of furan rings is 1. The Morgan fingerprint density at radius 1 is 1.39 bits per heavy atom. The van der Waals surface area contributed by atoms with Gasteiger partial charge >= 0.3 is 0 Å². The van der Waals surface area contributed by atoms with E-state index >= 15 is 0 Å². The predicted octanol–water partition coefficient (Wildman–Crippen LogP) is 4.83. The van der Waals surface area contributed by atoms with Gasteiger partial charge in [-0.3, -0.25) is 0 Å². The number of ether oxygens (including phenoxy) is 1. The van der Waals surface area contributed by atoms with Gasteiger partial charge in [0.05, 0.1) is 23.2 Å². The summed E-state index contributed by atoms with van der Waals surface area (Å²) in [5.41, 5.74) is 1.50. The standard InChI is InChI=1S/C13H11BrClFO2/c1-7-3-8(6-18-7)13(15)9-4-10(14)11(16)5-12(9)17-2/h3-6,13H,1-2H3. The Morgan fingerprint density at radius 2 is 2.11 bits per heavy atom. The molecule has 0 aliphatic heterocycles. The maximum atomic E-state index is 13.4. The van der Waals surface area contributed by atoms with Gasteiger partial charge in [-0.1, -0.05) is 0 Å². The summed E-state index contributed by atoms with van der Waals surface area (Å²) in [6.45, 7) is 1.84. The summed E-state index contributed by atoms with van der Waals surface area (Å²) in [6, 6.07) is 4.77. The minimum absolute atomic E-state index is 0.351. The number of halogens is 3.